The number of carbonyl (C=O) groups excluding carboxylic acids is 1. The van der Waals surface area contributed by atoms with E-state index in [0.29, 0.717) is 22.5 Å². The molecule has 1 saturated heterocycles. The van der Waals surface area contributed by atoms with Crippen LogP contribution in [-0.2, 0) is 4.79 Å². The summed E-state index contributed by atoms with van der Waals surface area (Å²) in [5.41, 5.74) is 2.81. The molecule has 15 heteroatoms. The largest absolute Gasteiger partial charge is 0.490 e. The third kappa shape index (κ3) is 8.95. The molecule has 47 heavy (non-hydrogen) atoms. The number of carboxylic acids is 1. The third-order valence-electron chi connectivity index (χ3n) is 7.35. The van der Waals surface area contributed by atoms with E-state index in [2.05, 4.69) is 33.3 Å². The van der Waals surface area contributed by atoms with Crippen molar-refractivity contribution in [1.29, 1.82) is 5.26 Å². The number of halogens is 3. The van der Waals surface area contributed by atoms with Crippen LogP contribution in [0.25, 0.3) is 16.6 Å². The number of alkyl halides is 3. The minimum absolute atomic E-state index is 0.108. The molecule has 1 aliphatic rings. The van der Waals surface area contributed by atoms with Crippen molar-refractivity contribution in [3.05, 3.63) is 71.9 Å². The fourth-order valence-electron chi connectivity index (χ4n) is 4.82. The van der Waals surface area contributed by atoms with Gasteiger partial charge in [-0.15, -0.1) is 0 Å². The first-order valence-corrected chi connectivity index (χ1v) is 14.5. The highest BCUT2D eigenvalue weighted by molar-refractivity contribution is 5.93. The lowest BCUT2D eigenvalue weighted by molar-refractivity contribution is -0.192. The van der Waals surface area contributed by atoms with E-state index in [9.17, 15) is 28.3 Å². The monoisotopic (exact) mass is 653 g/mol. The number of aryl methyl sites for hydroxylation is 1. The number of hydrogen-bond donors (Lipinski definition) is 3. The van der Waals surface area contributed by atoms with Crippen LogP contribution in [0.3, 0.4) is 0 Å². The van der Waals surface area contributed by atoms with E-state index >= 15 is 0 Å². The summed E-state index contributed by atoms with van der Waals surface area (Å²) in [5, 5.41) is 34.4. The Hall–Kier alpha value is -5.23. The fourth-order valence-corrected chi connectivity index (χ4v) is 4.82. The van der Waals surface area contributed by atoms with Crippen LogP contribution in [0.4, 0.5) is 19.0 Å². The first-order chi connectivity index (χ1) is 22.0. The zero-order chi connectivity index (χ0) is 34.6. The molecule has 0 aromatic carbocycles. The van der Waals surface area contributed by atoms with Gasteiger partial charge in [0.05, 0.1) is 29.1 Å². The van der Waals surface area contributed by atoms with Crippen molar-refractivity contribution >= 4 is 23.2 Å². The predicted molar refractivity (Wildman–Crippen MR) is 165 cm³/mol. The van der Waals surface area contributed by atoms with Gasteiger partial charge in [0.2, 0.25) is 0 Å². The summed E-state index contributed by atoms with van der Waals surface area (Å²) >= 11 is 0. The lowest BCUT2D eigenvalue weighted by atomic mass is 9.89. The molecule has 0 saturated carbocycles. The molecular formula is C32H34F3N7O5. The molecule has 12 nitrogen and oxygen atoms in total. The molecule has 248 valence electrons. The fraction of sp³-hybridized carbons (Fsp3) is 0.375. The van der Waals surface area contributed by atoms with Crippen molar-refractivity contribution in [3.8, 4) is 22.9 Å². The molecule has 0 spiro atoms. The van der Waals surface area contributed by atoms with E-state index in [1.165, 1.54) is 6.20 Å². The molecule has 1 fully saturated rings. The summed E-state index contributed by atoms with van der Waals surface area (Å²) in [6.45, 7) is 8.97. The van der Waals surface area contributed by atoms with Crippen LogP contribution in [0.5, 0.6) is 5.75 Å². The first kappa shape index (κ1) is 34.6. The van der Waals surface area contributed by atoms with Gasteiger partial charge in [-0.25, -0.2) is 14.3 Å². The van der Waals surface area contributed by atoms with E-state index in [0.717, 1.165) is 48.4 Å². The maximum Gasteiger partial charge on any atom is 0.490 e. The molecule has 0 aliphatic carbocycles. The molecule has 1 amide bonds. The van der Waals surface area contributed by atoms with Crippen molar-refractivity contribution < 1.29 is 37.7 Å². The number of rotatable bonds is 7. The molecule has 4 aromatic rings. The van der Waals surface area contributed by atoms with Crippen LogP contribution < -0.4 is 15.0 Å². The molecular weight excluding hydrogens is 619 g/mol. The standard InChI is InChI=1S/C30H33N7O3.C2HF3O2/c1-20-7-10-32-25(13-20)28(38)35-30(4)8-11-36(12-9-30)26-6-5-21(16-33-26)24-14-23(40-19-29(2,3)39)18-37-27(24)22(15-31)17-34-37;3-2(4,5)1(6)7/h5-7,10,13-14,16-18,39H,8-9,11-12,19H2,1-4H3,(H,35,38);(H,6,7). The second kappa shape index (κ2) is 13.6. The number of anilines is 1. The van der Waals surface area contributed by atoms with Gasteiger partial charge in [-0.1, -0.05) is 0 Å². The number of nitrogens with one attached hydrogen (secondary N) is 1. The van der Waals surface area contributed by atoms with Crippen molar-refractivity contribution in [2.45, 2.75) is 57.9 Å². The molecule has 0 atom stereocenters. The van der Waals surface area contributed by atoms with Gasteiger partial charge in [0.15, 0.2) is 0 Å². The third-order valence-corrected chi connectivity index (χ3v) is 7.35. The van der Waals surface area contributed by atoms with E-state index in [-0.39, 0.29) is 18.1 Å². The number of piperidine rings is 1. The normalized spacial score (nSPS) is 14.5. The quantitative estimate of drug-likeness (QED) is 0.258. The number of aromatic nitrogens is 4. The Morgan fingerprint density at radius 1 is 1.13 bits per heavy atom. The van der Waals surface area contributed by atoms with Crippen LogP contribution in [0.1, 0.15) is 55.2 Å². The van der Waals surface area contributed by atoms with Crippen molar-refractivity contribution in [2.75, 3.05) is 24.6 Å². The van der Waals surface area contributed by atoms with Gasteiger partial charge >= 0.3 is 12.1 Å². The number of aliphatic carboxylic acids is 1. The number of nitriles is 1. The predicted octanol–water partition coefficient (Wildman–Crippen LogP) is 4.54. The van der Waals surface area contributed by atoms with Gasteiger partial charge < -0.3 is 25.2 Å². The van der Waals surface area contributed by atoms with Gasteiger partial charge in [0.1, 0.15) is 29.9 Å². The highest BCUT2D eigenvalue weighted by Gasteiger charge is 2.38. The van der Waals surface area contributed by atoms with Gasteiger partial charge in [-0.3, -0.25) is 9.78 Å². The van der Waals surface area contributed by atoms with Crippen LogP contribution >= 0.6 is 0 Å². The maximum absolute atomic E-state index is 12.8. The molecule has 3 N–H and O–H groups in total. The lowest BCUT2D eigenvalue weighted by Crippen LogP contribution is -2.53. The number of nitrogens with zero attached hydrogens (tertiary/aromatic N) is 6. The second-order valence-corrected chi connectivity index (χ2v) is 12.1. The van der Waals surface area contributed by atoms with Crippen LogP contribution in [0.2, 0.25) is 0 Å². The van der Waals surface area contributed by atoms with Crippen molar-refractivity contribution in [1.82, 2.24) is 24.9 Å². The van der Waals surface area contributed by atoms with Gasteiger partial charge in [-0.2, -0.15) is 23.5 Å². The Morgan fingerprint density at radius 2 is 1.81 bits per heavy atom. The second-order valence-electron chi connectivity index (χ2n) is 12.1. The number of hydrogen-bond acceptors (Lipinski definition) is 9. The zero-order valence-corrected chi connectivity index (χ0v) is 26.2. The van der Waals surface area contributed by atoms with E-state index in [1.54, 1.807) is 43.0 Å². The summed E-state index contributed by atoms with van der Waals surface area (Å²) in [6, 6.07) is 11.7. The smallest absolute Gasteiger partial charge is 0.489 e. The first-order valence-electron chi connectivity index (χ1n) is 14.5. The number of aliphatic hydroxyl groups is 1. The van der Waals surface area contributed by atoms with Gasteiger partial charge in [-0.05, 0) is 76.4 Å². The summed E-state index contributed by atoms with van der Waals surface area (Å²) < 4.78 is 39.2. The Balaban J connectivity index is 0.000000644. The highest BCUT2D eigenvalue weighted by Crippen LogP contribution is 2.32. The van der Waals surface area contributed by atoms with Crippen LogP contribution in [-0.4, -0.2) is 78.7 Å². The molecule has 0 bridgehead atoms. The van der Waals surface area contributed by atoms with Crippen molar-refractivity contribution in [3.63, 3.8) is 0 Å². The van der Waals surface area contributed by atoms with Crippen LogP contribution in [0.15, 0.2) is 55.1 Å². The zero-order valence-electron chi connectivity index (χ0n) is 26.2. The number of carbonyl (C=O) groups is 2. The Kier molecular flexibility index (Phi) is 10.0. The number of ether oxygens (including phenoxy) is 1. The van der Waals surface area contributed by atoms with Gasteiger partial charge in [0, 0.05) is 42.1 Å². The minimum Gasteiger partial charge on any atom is -0.489 e. The Bertz CT molecular complexity index is 1790. The van der Waals surface area contributed by atoms with Gasteiger partial charge in [0.25, 0.3) is 5.91 Å². The summed E-state index contributed by atoms with van der Waals surface area (Å²) in [4.78, 5) is 32.8. The molecule has 0 unspecified atom stereocenters. The number of pyridine rings is 3. The maximum atomic E-state index is 12.8. The minimum atomic E-state index is -5.08. The Morgan fingerprint density at radius 3 is 2.36 bits per heavy atom. The average molecular weight is 654 g/mol. The van der Waals surface area contributed by atoms with E-state index in [4.69, 9.17) is 19.6 Å². The van der Waals surface area contributed by atoms with Crippen molar-refractivity contribution in [2.24, 2.45) is 0 Å². The molecule has 5 rings (SSSR count). The van der Waals surface area contributed by atoms with E-state index in [1.807, 2.05) is 31.2 Å². The number of carboxylic acid groups (broad SMARTS) is 1. The molecule has 5 heterocycles. The molecule has 1 aliphatic heterocycles. The molecule has 0 radical (unpaired) electrons. The molecule has 4 aromatic heterocycles. The Labute approximate surface area is 268 Å². The summed E-state index contributed by atoms with van der Waals surface area (Å²) in [6.07, 6.45) is 3.14. The number of fused-ring (bicyclic) bond motifs is 1. The highest BCUT2D eigenvalue weighted by atomic mass is 19.4. The van der Waals surface area contributed by atoms with E-state index < -0.39 is 17.7 Å². The lowest BCUT2D eigenvalue weighted by Gasteiger charge is -2.40. The summed E-state index contributed by atoms with van der Waals surface area (Å²) in [7, 11) is 0. The summed E-state index contributed by atoms with van der Waals surface area (Å²) in [5.74, 6) is -1.54. The topological polar surface area (TPSA) is 166 Å². The average Bonchev–Trinajstić information content (AvgIpc) is 3.43. The SMILES string of the molecule is Cc1ccnc(C(=O)NC2(C)CCN(c3ccc(-c4cc(OCC(C)(C)O)cn5ncc(C#N)c45)cn3)CC2)c1.O=C(O)C(F)(F)F. The van der Waals surface area contributed by atoms with Crippen LogP contribution in [0, 0.1) is 18.3 Å². The number of amides is 1.